The summed E-state index contributed by atoms with van der Waals surface area (Å²) in [5, 5.41) is 0. The fourth-order valence-corrected chi connectivity index (χ4v) is 2.00. The number of aryl methyl sites for hydroxylation is 1. The van der Waals surface area contributed by atoms with E-state index < -0.39 is 9.84 Å². The molecule has 5 nitrogen and oxygen atoms in total. The largest absolute Gasteiger partial charge is 0.323 e. The Morgan fingerprint density at radius 2 is 2.06 bits per heavy atom. The van der Waals surface area contributed by atoms with E-state index in [2.05, 4.69) is 9.97 Å². The molecular formula is C10H17N3O2S. The molecule has 0 radical (unpaired) electrons. The van der Waals surface area contributed by atoms with Gasteiger partial charge in [-0.1, -0.05) is 0 Å². The topological polar surface area (TPSA) is 85.9 Å². The molecular weight excluding hydrogens is 226 g/mol. The molecule has 0 bridgehead atoms. The smallest absolute Gasteiger partial charge is 0.147 e. The molecule has 0 amide bonds. The SMILES string of the molecule is Cc1cnc(C(N)CCCS(C)(=O)=O)cn1. The summed E-state index contributed by atoms with van der Waals surface area (Å²) in [6.45, 7) is 1.85. The van der Waals surface area contributed by atoms with Crippen molar-refractivity contribution < 1.29 is 8.42 Å². The zero-order valence-electron chi connectivity index (χ0n) is 9.55. The Balaban J connectivity index is 2.47. The minimum absolute atomic E-state index is 0.167. The molecule has 2 N–H and O–H groups in total. The van der Waals surface area contributed by atoms with E-state index >= 15 is 0 Å². The number of rotatable bonds is 5. The van der Waals surface area contributed by atoms with Gasteiger partial charge in [0.25, 0.3) is 0 Å². The molecule has 0 aliphatic carbocycles. The molecule has 6 heteroatoms. The second-order valence-corrected chi connectivity index (χ2v) is 6.22. The quantitative estimate of drug-likeness (QED) is 0.818. The van der Waals surface area contributed by atoms with Gasteiger partial charge in [0.15, 0.2) is 0 Å². The van der Waals surface area contributed by atoms with E-state index in [1.54, 1.807) is 12.4 Å². The molecule has 90 valence electrons. The molecule has 1 unspecified atom stereocenters. The predicted molar refractivity (Wildman–Crippen MR) is 62.6 cm³/mol. The summed E-state index contributed by atoms with van der Waals surface area (Å²) in [6.07, 6.45) is 5.68. The minimum Gasteiger partial charge on any atom is -0.323 e. The Morgan fingerprint density at radius 1 is 1.38 bits per heavy atom. The van der Waals surface area contributed by atoms with Gasteiger partial charge >= 0.3 is 0 Å². The lowest BCUT2D eigenvalue weighted by Gasteiger charge is -2.09. The van der Waals surface area contributed by atoms with E-state index in [0.29, 0.717) is 18.5 Å². The van der Waals surface area contributed by atoms with Gasteiger partial charge in [0.2, 0.25) is 0 Å². The lowest BCUT2D eigenvalue weighted by Crippen LogP contribution is -2.14. The Bertz CT molecular complexity index is 428. The molecule has 0 aromatic carbocycles. The van der Waals surface area contributed by atoms with Crippen LogP contribution in [0.2, 0.25) is 0 Å². The van der Waals surface area contributed by atoms with E-state index in [9.17, 15) is 8.42 Å². The Morgan fingerprint density at radius 3 is 2.56 bits per heavy atom. The van der Waals surface area contributed by atoms with Crippen molar-refractivity contribution in [3.63, 3.8) is 0 Å². The van der Waals surface area contributed by atoms with E-state index in [-0.39, 0.29) is 11.8 Å². The first-order valence-electron chi connectivity index (χ1n) is 5.10. The molecule has 0 fully saturated rings. The van der Waals surface area contributed by atoms with Crippen molar-refractivity contribution in [1.29, 1.82) is 0 Å². The molecule has 0 aliphatic heterocycles. The van der Waals surface area contributed by atoms with Gasteiger partial charge in [0, 0.05) is 24.2 Å². The standard InChI is InChI=1S/C10H17N3O2S/c1-8-6-13-10(7-12-8)9(11)4-3-5-16(2,14)15/h6-7,9H,3-5,11H2,1-2H3. The van der Waals surface area contributed by atoms with Gasteiger partial charge in [-0.25, -0.2) is 8.42 Å². The fourth-order valence-electron chi connectivity index (χ4n) is 1.31. The summed E-state index contributed by atoms with van der Waals surface area (Å²) in [7, 11) is -2.90. The van der Waals surface area contributed by atoms with E-state index in [1.165, 1.54) is 6.26 Å². The predicted octanol–water partition coefficient (Wildman–Crippen LogP) is 0.610. The van der Waals surface area contributed by atoms with Crippen LogP contribution in [0.5, 0.6) is 0 Å². The van der Waals surface area contributed by atoms with Gasteiger partial charge in [-0.15, -0.1) is 0 Å². The van der Waals surface area contributed by atoms with Crippen molar-refractivity contribution in [1.82, 2.24) is 9.97 Å². The molecule has 0 saturated heterocycles. The zero-order chi connectivity index (χ0) is 12.2. The summed E-state index contributed by atoms with van der Waals surface area (Å²) in [4.78, 5) is 8.25. The maximum Gasteiger partial charge on any atom is 0.147 e. The second-order valence-electron chi connectivity index (χ2n) is 3.96. The Hall–Kier alpha value is -1.01. The number of hydrogen-bond acceptors (Lipinski definition) is 5. The van der Waals surface area contributed by atoms with Crippen LogP contribution >= 0.6 is 0 Å². The summed E-state index contributed by atoms with van der Waals surface area (Å²) >= 11 is 0. The van der Waals surface area contributed by atoms with Crippen LogP contribution in [-0.4, -0.2) is 30.4 Å². The number of sulfone groups is 1. The average molecular weight is 243 g/mol. The highest BCUT2D eigenvalue weighted by molar-refractivity contribution is 7.90. The van der Waals surface area contributed by atoms with Gasteiger partial charge in [-0.2, -0.15) is 0 Å². The normalized spacial score (nSPS) is 13.7. The monoisotopic (exact) mass is 243 g/mol. The molecule has 0 saturated carbocycles. The fraction of sp³-hybridized carbons (Fsp3) is 0.600. The van der Waals surface area contributed by atoms with Crippen molar-refractivity contribution in [2.75, 3.05) is 12.0 Å². The van der Waals surface area contributed by atoms with Crippen LogP contribution in [0.4, 0.5) is 0 Å². The maximum atomic E-state index is 10.9. The van der Waals surface area contributed by atoms with Crippen molar-refractivity contribution >= 4 is 9.84 Å². The van der Waals surface area contributed by atoms with Crippen LogP contribution < -0.4 is 5.73 Å². The average Bonchev–Trinajstić information content (AvgIpc) is 2.16. The molecule has 16 heavy (non-hydrogen) atoms. The lowest BCUT2D eigenvalue weighted by atomic mass is 10.1. The third-order valence-electron chi connectivity index (χ3n) is 2.21. The van der Waals surface area contributed by atoms with E-state index in [1.807, 2.05) is 6.92 Å². The van der Waals surface area contributed by atoms with Crippen molar-refractivity contribution in [3.8, 4) is 0 Å². The van der Waals surface area contributed by atoms with Crippen LogP contribution in [-0.2, 0) is 9.84 Å². The van der Waals surface area contributed by atoms with Crippen LogP contribution in [0.3, 0.4) is 0 Å². The third kappa shape index (κ3) is 4.67. The molecule has 1 aromatic rings. The Labute approximate surface area is 96.0 Å². The highest BCUT2D eigenvalue weighted by atomic mass is 32.2. The number of nitrogens with zero attached hydrogens (tertiary/aromatic N) is 2. The van der Waals surface area contributed by atoms with Crippen LogP contribution in [0, 0.1) is 6.92 Å². The van der Waals surface area contributed by atoms with Crippen LogP contribution in [0.25, 0.3) is 0 Å². The number of nitrogens with two attached hydrogens (primary N) is 1. The highest BCUT2D eigenvalue weighted by Gasteiger charge is 2.09. The minimum atomic E-state index is -2.90. The first kappa shape index (κ1) is 13.1. The second kappa shape index (κ2) is 5.36. The molecule has 1 atom stereocenters. The van der Waals surface area contributed by atoms with Gasteiger partial charge < -0.3 is 5.73 Å². The van der Waals surface area contributed by atoms with E-state index in [4.69, 9.17) is 5.73 Å². The van der Waals surface area contributed by atoms with Gasteiger partial charge in [-0.3, -0.25) is 9.97 Å². The molecule has 0 spiro atoms. The molecule has 0 aliphatic rings. The molecule has 1 aromatic heterocycles. The number of aromatic nitrogens is 2. The van der Waals surface area contributed by atoms with Crippen molar-refractivity contribution in [3.05, 3.63) is 23.8 Å². The zero-order valence-corrected chi connectivity index (χ0v) is 10.4. The summed E-state index contributed by atoms with van der Waals surface area (Å²) in [5.74, 6) is 0.167. The lowest BCUT2D eigenvalue weighted by molar-refractivity contribution is 0.583. The Kier molecular flexibility index (Phi) is 4.37. The van der Waals surface area contributed by atoms with Crippen molar-refractivity contribution in [2.24, 2.45) is 5.73 Å². The third-order valence-corrected chi connectivity index (χ3v) is 3.24. The van der Waals surface area contributed by atoms with Gasteiger partial charge in [-0.05, 0) is 19.8 Å². The van der Waals surface area contributed by atoms with Gasteiger partial charge in [0.1, 0.15) is 9.84 Å². The molecule has 1 heterocycles. The summed E-state index contributed by atoms with van der Waals surface area (Å²) in [5.41, 5.74) is 7.42. The first-order chi connectivity index (χ1) is 7.38. The first-order valence-corrected chi connectivity index (χ1v) is 7.16. The van der Waals surface area contributed by atoms with Crippen LogP contribution in [0.1, 0.15) is 30.3 Å². The van der Waals surface area contributed by atoms with Gasteiger partial charge in [0.05, 0.1) is 17.6 Å². The number of hydrogen-bond donors (Lipinski definition) is 1. The summed E-state index contributed by atoms with van der Waals surface area (Å²) < 4.78 is 21.9. The maximum absolute atomic E-state index is 10.9. The molecule has 1 rings (SSSR count). The van der Waals surface area contributed by atoms with E-state index in [0.717, 1.165) is 5.69 Å². The summed E-state index contributed by atoms with van der Waals surface area (Å²) in [6, 6.07) is -0.241. The van der Waals surface area contributed by atoms with Crippen molar-refractivity contribution in [2.45, 2.75) is 25.8 Å². The highest BCUT2D eigenvalue weighted by Crippen LogP contribution is 2.12. The van der Waals surface area contributed by atoms with Crippen LogP contribution in [0.15, 0.2) is 12.4 Å².